The van der Waals surface area contributed by atoms with E-state index < -0.39 is 0 Å². The molecule has 1 heterocycles. The van der Waals surface area contributed by atoms with Crippen LogP contribution in [0.15, 0.2) is 12.1 Å². The van der Waals surface area contributed by atoms with E-state index in [-0.39, 0.29) is 28.9 Å². The molecule has 134 valence electrons. The van der Waals surface area contributed by atoms with Crippen molar-refractivity contribution < 1.29 is 19.7 Å². The number of rotatable bonds is 2. The van der Waals surface area contributed by atoms with Crippen molar-refractivity contribution in [3.63, 3.8) is 0 Å². The van der Waals surface area contributed by atoms with Crippen molar-refractivity contribution in [1.82, 2.24) is 4.90 Å². The van der Waals surface area contributed by atoms with Gasteiger partial charge in [0.15, 0.2) is 23.0 Å². The molecule has 2 aromatic carbocycles. The number of nitriles is 1. The Morgan fingerprint density at radius 3 is 2.65 bits per heavy atom. The highest BCUT2D eigenvalue weighted by atomic mass is 16.5. The van der Waals surface area contributed by atoms with Gasteiger partial charge in [-0.1, -0.05) is 0 Å². The molecule has 0 fully saturated rings. The number of hydrogen-bond donors (Lipinski definition) is 2. The van der Waals surface area contributed by atoms with E-state index >= 15 is 0 Å². The largest absolute Gasteiger partial charge is 0.504 e. The molecule has 0 saturated heterocycles. The van der Waals surface area contributed by atoms with Gasteiger partial charge in [-0.15, -0.1) is 0 Å². The molecule has 1 aliphatic heterocycles. The Balaban J connectivity index is 2.15. The standard InChI is InChI=1S/C20H20N2O4/c1-22-5-4-10-6-15(23)20(26-3)18-12-8-16(25-2)19(24)13(9-21)11(12)7-14(22)17(10)18/h6,8,14,23-24H,4-5,7H2,1-3H3. The smallest absolute Gasteiger partial charge is 0.176 e. The first-order valence-electron chi connectivity index (χ1n) is 8.48. The van der Waals surface area contributed by atoms with Crippen molar-refractivity contribution in [2.45, 2.75) is 18.9 Å². The molecule has 0 bridgehead atoms. The summed E-state index contributed by atoms with van der Waals surface area (Å²) in [5.74, 6) is 0.571. The number of phenolic OH excluding ortho intramolecular Hbond substituents is 2. The molecule has 6 nitrogen and oxygen atoms in total. The van der Waals surface area contributed by atoms with Gasteiger partial charge in [0.2, 0.25) is 0 Å². The van der Waals surface area contributed by atoms with Gasteiger partial charge in [0.25, 0.3) is 0 Å². The number of phenols is 2. The van der Waals surface area contributed by atoms with E-state index in [1.54, 1.807) is 12.1 Å². The van der Waals surface area contributed by atoms with Crippen molar-refractivity contribution in [2.24, 2.45) is 0 Å². The fourth-order valence-electron chi connectivity index (χ4n) is 4.30. The molecule has 0 saturated carbocycles. The third-order valence-corrected chi connectivity index (χ3v) is 5.56. The van der Waals surface area contributed by atoms with Crippen LogP contribution in [0.1, 0.15) is 28.3 Å². The van der Waals surface area contributed by atoms with Crippen LogP contribution in [0.3, 0.4) is 0 Å². The predicted octanol–water partition coefficient (Wildman–Crippen LogP) is 2.74. The third-order valence-electron chi connectivity index (χ3n) is 5.56. The maximum absolute atomic E-state index is 10.5. The van der Waals surface area contributed by atoms with Crippen LogP contribution in [0.4, 0.5) is 0 Å². The number of methoxy groups -OCH3 is 2. The molecule has 2 aliphatic rings. The third kappa shape index (κ3) is 2.07. The zero-order valence-electron chi connectivity index (χ0n) is 15.0. The first-order chi connectivity index (χ1) is 12.5. The molecule has 2 aromatic rings. The van der Waals surface area contributed by atoms with Crippen molar-refractivity contribution in [1.29, 1.82) is 5.26 Å². The number of ether oxygens (including phenoxy) is 2. The fraction of sp³-hybridized carbons (Fsp3) is 0.350. The summed E-state index contributed by atoms with van der Waals surface area (Å²) in [4.78, 5) is 2.24. The molecule has 0 aromatic heterocycles. The van der Waals surface area contributed by atoms with Gasteiger partial charge in [0, 0.05) is 18.2 Å². The number of likely N-dealkylation sites (N-methyl/N-ethyl adjacent to an activating group) is 1. The lowest BCUT2D eigenvalue weighted by Crippen LogP contribution is -2.36. The minimum Gasteiger partial charge on any atom is -0.504 e. The summed E-state index contributed by atoms with van der Waals surface area (Å²) in [6.07, 6.45) is 1.45. The van der Waals surface area contributed by atoms with Crippen LogP contribution >= 0.6 is 0 Å². The van der Waals surface area contributed by atoms with Crippen LogP contribution in [-0.4, -0.2) is 42.9 Å². The van der Waals surface area contributed by atoms with Gasteiger partial charge in [0.05, 0.1) is 14.2 Å². The summed E-state index contributed by atoms with van der Waals surface area (Å²) in [6.45, 7) is 0.863. The van der Waals surface area contributed by atoms with Gasteiger partial charge >= 0.3 is 0 Å². The second-order valence-corrected chi connectivity index (χ2v) is 6.77. The Morgan fingerprint density at radius 1 is 1.23 bits per heavy atom. The zero-order valence-corrected chi connectivity index (χ0v) is 15.0. The quantitative estimate of drug-likeness (QED) is 0.864. The minimum atomic E-state index is -0.144. The maximum Gasteiger partial charge on any atom is 0.176 e. The maximum atomic E-state index is 10.5. The number of nitrogens with zero attached hydrogens (tertiary/aromatic N) is 2. The molecular weight excluding hydrogens is 332 g/mol. The van der Waals surface area contributed by atoms with Gasteiger partial charge < -0.3 is 19.7 Å². The zero-order chi connectivity index (χ0) is 18.6. The Labute approximate surface area is 151 Å². The lowest BCUT2D eigenvalue weighted by molar-refractivity contribution is 0.226. The first-order valence-corrected chi connectivity index (χ1v) is 8.48. The molecule has 6 heteroatoms. The summed E-state index contributed by atoms with van der Waals surface area (Å²) in [5, 5.41) is 30.6. The van der Waals surface area contributed by atoms with Crippen LogP contribution in [0.5, 0.6) is 23.0 Å². The molecule has 0 radical (unpaired) electrons. The first kappa shape index (κ1) is 16.6. The highest BCUT2D eigenvalue weighted by Crippen LogP contribution is 2.54. The van der Waals surface area contributed by atoms with E-state index in [9.17, 15) is 15.5 Å². The average Bonchev–Trinajstić information content (AvgIpc) is 2.64. The Hall–Kier alpha value is -2.91. The van der Waals surface area contributed by atoms with Gasteiger partial charge in [-0.3, -0.25) is 4.90 Å². The van der Waals surface area contributed by atoms with Crippen LogP contribution < -0.4 is 9.47 Å². The summed E-state index contributed by atoms with van der Waals surface area (Å²) >= 11 is 0. The van der Waals surface area contributed by atoms with E-state index in [2.05, 4.69) is 18.0 Å². The highest BCUT2D eigenvalue weighted by Gasteiger charge is 2.38. The molecule has 1 atom stereocenters. The predicted molar refractivity (Wildman–Crippen MR) is 95.8 cm³/mol. The molecule has 26 heavy (non-hydrogen) atoms. The Kier molecular flexibility index (Phi) is 3.70. The van der Waals surface area contributed by atoms with Gasteiger partial charge in [-0.2, -0.15) is 5.26 Å². The van der Waals surface area contributed by atoms with Crippen molar-refractivity contribution in [2.75, 3.05) is 27.8 Å². The normalized spacial score (nSPS) is 17.8. The topological polar surface area (TPSA) is 86.0 Å². The lowest BCUT2D eigenvalue weighted by Gasteiger charge is -2.40. The van der Waals surface area contributed by atoms with E-state index in [4.69, 9.17) is 9.47 Å². The van der Waals surface area contributed by atoms with E-state index in [0.29, 0.717) is 12.2 Å². The molecule has 2 N–H and O–H groups in total. The molecule has 0 spiro atoms. The SMILES string of the molecule is COc1cc2c(c(C#N)c1O)CC1c3c(cc(O)c(OC)c3-2)CCN1C. The number of aromatic hydroxyl groups is 2. The van der Waals surface area contributed by atoms with Crippen molar-refractivity contribution in [3.05, 3.63) is 34.4 Å². The second kappa shape index (κ2) is 5.82. The van der Waals surface area contributed by atoms with Gasteiger partial charge in [-0.25, -0.2) is 0 Å². The van der Waals surface area contributed by atoms with E-state index in [0.717, 1.165) is 40.8 Å². The number of benzene rings is 2. The van der Waals surface area contributed by atoms with Gasteiger partial charge in [-0.05, 0) is 54.3 Å². The monoisotopic (exact) mass is 352 g/mol. The molecule has 0 amide bonds. The van der Waals surface area contributed by atoms with Crippen LogP contribution in [0.2, 0.25) is 0 Å². The summed E-state index contributed by atoms with van der Waals surface area (Å²) in [5.41, 5.74) is 4.75. The fourth-order valence-corrected chi connectivity index (χ4v) is 4.30. The van der Waals surface area contributed by atoms with Crippen LogP contribution in [0.25, 0.3) is 11.1 Å². The Morgan fingerprint density at radius 2 is 2.00 bits per heavy atom. The summed E-state index contributed by atoms with van der Waals surface area (Å²) in [6, 6.07) is 5.70. The van der Waals surface area contributed by atoms with Crippen molar-refractivity contribution in [3.8, 4) is 40.2 Å². The van der Waals surface area contributed by atoms with Crippen LogP contribution in [-0.2, 0) is 12.8 Å². The number of hydrogen-bond acceptors (Lipinski definition) is 6. The van der Waals surface area contributed by atoms with Crippen molar-refractivity contribution >= 4 is 0 Å². The highest BCUT2D eigenvalue weighted by molar-refractivity contribution is 5.86. The number of fused-ring (bicyclic) bond motifs is 2. The van der Waals surface area contributed by atoms with E-state index in [1.807, 2.05) is 0 Å². The lowest BCUT2D eigenvalue weighted by atomic mass is 9.75. The Bertz CT molecular complexity index is 962. The van der Waals surface area contributed by atoms with Crippen LogP contribution in [0, 0.1) is 11.3 Å². The molecule has 1 aliphatic carbocycles. The molecule has 1 unspecified atom stereocenters. The van der Waals surface area contributed by atoms with Gasteiger partial charge in [0.1, 0.15) is 11.6 Å². The minimum absolute atomic E-state index is 0.0654. The molecular formula is C20H20N2O4. The van der Waals surface area contributed by atoms with E-state index in [1.165, 1.54) is 14.2 Å². The molecule has 4 rings (SSSR count). The second-order valence-electron chi connectivity index (χ2n) is 6.77. The summed E-state index contributed by atoms with van der Waals surface area (Å²) in [7, 11) is 5.03. The average molecular weight is 352 g/mol. The summed E-state index contributed by atoms with van der Waals surface area (Å²) < 4.78 is 10.8.